The Hall–Kier alpha value is -1.03. The molecule has 0 bridgehead atoms. The molecule has 4 nitrogen and oxygen atoms in total. The zero-order valence-corrected chi connectivity index (χ0v) is 11.1. The number of hydrogen-bond acceptors (Lipinski definition) is 4. The molecule has 94 valence electrons. The van der Waals surface area contributed by atoms with E-state index in [0.717, 1.165) is 12.2 Å². The molecular weight excluding hydrogens is 236 g/mol. The second-order valence-electron chi connectivity index (χ2n) is 5.21. The van der Waals surface area contributed by atoms with Gasteiger partial charge in [-0.25, -0.2) is 4.98 Å². The molecule has 0 atom stereocenters. The molecule has 1 aromatic heterocycles. The Kier molecular flexibility index (Phi) is 3.43. The van der Waals surface area contributed by atoms with Gasteiger partial charge in [-0.15, -0.1) is 0 Å². The number of nitrogens with zero attached hydrogens (tertiary/aromatic N) is 2. The first kappa shape index (κ1) is 12.4. The largest absolute Gasteiger partial charge is 0.394 e. The summed E-state index contributed by atoms with van der Waals surface area (Å²) in [5.41, 5.74) is 7.61. The first-order valence-electron chi connectivity index (χ1n) is 6.04. The Morgan fingerprint density at radius 3 is 2.65 bits per heavy atom. The number of nitrogens with one attached hydrogen (secondary N) is 1. The van der Waals surface area contributed by atoms with Gasteiger partial charge in [0.2, 0.25) is 5.28 Å². The Bertz CT molecular complexity index is 413. The van der Waals surface area contributed by atoms with Crippen LogP contribution in [0.15, 0.2) is 0 Å². The first-order valence-corrected chi connectivity index (χ1v) is 6.41. The van der Waals surface area contributed by atoms with Crippen LogP contribution < -0.4 is 11.1 Å². The zero-order chi connectivity index (χ0) is 12.5. The van der Waals surface area contributed by atoms with E-state index >= 15 is 0 Å². The van der Waals surface area contributed by atoms with Crippen LogP contribution in [0.1, 0.15) is 38.3 Å². The van der Waals surface area contributed by atoms with Gasteiger partial charge in [-0.1, -0.05) is 19.8 Å². The Labute approximate surface area is 107 Å². The van der Waals surface area contributed by atoms with E-state index in [2.05, 4.69) is 22.2 Å². The van der Waals surface area contributed by atoms with Gasteiger partial charge >= 0.3 is 0 Å². The number of rotatable bonds is 3. The van der Waals surface area contributed by atoms with Crippen LogP contribution in [0.3, 0.4) is 0 Å². The normalized spacial score (nSPS) is 18.3. The van der Waals surface area contributed by atoms with Crippen molar-refractivity contribution < 1.29 is 0 Å². The first-order chi connectivity index (χ1) is 8.00. The summed E-state index contributed by atoms with van der Waals surface area (Å²) in [6, 6.07) is 0. The van der Waals surface area contributed by atoms with E-state index in [4.69, 9.17) is 17.3 Å². The summed E-state index contributed by atoms with van der Waals surface area (Å²) in [5, 5.41) is 3.56. The van der Waals surface area contributed by atoms with E-state index in [1.807, 2.05) is 6.92 Å². The Morgan fingerprint density at radius 2 is 2.00 bits per heavy atom. The van der Waals surface area contributed by atoms with Crippen molar-refractivity contribution in [3.8, 4) is 0 Å². The molecule has 1 heterocycles. The molecule has 0 aromatic carbocycles. The lowest BCUT2D eigenvalue weighted by Crippen LogP contribution is -2.24. The van der Waals surface area contributed by atoms with Gasteiger partial charge in [-0.05, 0) is 36.8 Å². The van der Waals surface area contributed by atoms with E-state index < -0.39 is 0 Å². The second-order valence-corrected chi connectivity index (χ2v) is 5.55. The van der Waals surface area contributed by atoms with Gasteiger partial charge in [-0.2, -0.15) is 4.98 Å². The maximum absolute atomic E-state index is 5.93. The fourth-order valence-corrected chi connectivity index (χ4v) is 2.60. The van der Waals surface area contributed by atoms with Crippen LogP contribution in [0, 0.1) is 12.3 Å². The average molecular weight is 255 g/mol. The van der Waals surface area contributed by atoms with Crippen molar-refractivity contribution in [1.29, 1.82) is 0 Å². The lowest BCUT2D eigenvalue weighted by Gasteiger charge is -2.24. The minimum absolute atomic E-state index is 0.246. The van der Waals surface area contributed by atoms with Crippen molar-refractivity contribution in [2.45, 2.75) is 39.5 Å². The molecule has 1 aromatic rings. The molecule has 1 aliphatic carbocycles. The summed E-state index contributed by atoms with van der Waals surface area (Å²) in [5.74, 6) is 0.663. The number of nitrogens with two attached hydrogens (primary N) is 1. The van der Waals surface area contributed by atoms with Gasteiger partial charge < -0.3 is 11.1 Å². The minimum atomic E-state index is 0.246. The highest BCUT2D eigenvalue weighted by atomic mass is 35.5. The van der Waals surface area contributed by atoms with Gasteiger partial charge in [0.1, 0.15) is 0 Å². The standard InChI is InChI=1S/C12H19ClN4/c1-8-9(14)10(17-11(13)16-8)15-7-12(2)5-3-4-6-12/h3-7,14H2,1-2H3,(H,15,16,17). The molecular formula is C12H19ClN4. The molecule has 17 heavy (non-hydrogen) atoms. The van der Waals surface area contributed by atoms with Gasteiger partial charge in [0, 0.05) is 6.54 Å². The van der Waals surface area contributed by atoms with Gasteiger partial charge in [0.25, 0.3) is 0 Å². The monoisotopic (exact) mass is 254 g/mol. The van der Waals surface area contributed by atoms with Crippen molar-refractivity contribution in [2.75, 3.05) is 17.6 Å². The van der Waals surface area contributed by atoms with Crippen molar-refractivity contribution in [3.63, 3.8) is 0 Å². The number of aryl methyl sites for hydroxylation is 1. The third-order valence-corrected chi connectivity index (χ3v) is 3.77. The number of nitrogen functional groups attached to an aromatic ring is 1. The molecule has 0 unspecified atom stereocenters. The zero-order valence-electron chi connectivity index (χ0n) is 10.4. The van der Waals surface area contributed by atoms with Gasteiger partial charge in [0.05, 0.1) is 11.4 Å². The maximum atomic E-state index is 5.93. The Balaban J connectivity index is 2.08. The van der Waals surface area contributed by atoms with Crippen LogP contribution in [-0.2, 0) is 0 Å². The molecule has 3 N–H and O–H groups in total. The summed E-state index contributed by atoms with van der Waals surface area (Å²) in [6.45, 7) is 5.04. The van der Waals surface area contributed by atoms with Crippen LogP contribution >= 0.6 is 11.6 Å². The minimum Gasteiger partial charge on any atom is -0.394 e. The average Bonchev–Trinajstić information content (AvgIpc) is 2.69. The summed E-state index contributed by atoms with van der Waals surface area (Å²) >= 11 is 5.83. The summed E-state index contributed by atoms with van der Waals surface area (Å²) in [7, 11) is 0. The predicted octanol–water partition coefficient (Wildman–Crippen LogP) is 3.01. The van der Waals surface area contributed by atoms with E-state index in [9.17, 15) is 0 Å². The lowest BCUT2D eigenvalue weighted by molar-refractivity contribution is 0.361. The molecule has 1 aliphatic rings. The Morgan fingerprint density at radius 1 is 1.35 bits per heavy atom. The highest BCUT2D eigenvalue weighted by Crippen LogP contribution is 2.37. The van der Waals surface area contributed by atoms with Crippen LogP contribution in [0.2, 0.25) is 5.28 Å². The summed E-state index contributed by atoms with van der Waals surface area (Å²) in [4.78, 5) is 8.16. The smallest absolute Gasteiger partial charge is 0.224 e. The van der Waals surface area contributed by atoms with Crippen LogP contribution in [0.4, 0.5) is 11.5 Å². The van der Waals surface area contributed by atoms with Gasteiger partial charge in [0.15, 0.2) is 5.82 Å². The highest BCUT2D eigenvalue weighted by Gasteiger charge is 2.28. The lowest BCUT2D eigenvalue weighted by atomic mass is 9.89. The fourth-order valence-electron chi connectivity index (χ4n) is 2.38. The van der Waals surface area contributed by atoms with E-state index in [1.54, 1.807) is 0 Å². The van der Waals surface area contributed by atoms with Crippen molar-refractivity contribution >= 4 is 23.1 Å². The van der Waals surface area contributed by atoms with E-state index in [0.29, 0.717) is 16.9 Å². The summed E-state index contributed by atoms with van der Waals surface area (Å²) in [6.07, 6.45) is 5.16. The van der Waals surface area contributed by atoms with Crippen molar-refractivity contribution in [1.82, 2.24) is 9.97 Å². The number of hydrogen-bond donors (Lipinski definition) is 2. The molecule has 2 rings (SSSR count). The quantitative estimate of drug-likeness (QED) is 0.814. The molecule has 0 amide bonds. The van der Waals surface area contributed by atoms with Crippen molar-refractivity contribution in [3.05, 3.63) is 11.0 Å². The molecule has 1 fully saturated rings. The van der Waals surface area contributed by atoms with E-state index in [1.165, 1.54) is 25.7 Å². The predicted molar refractivity (Wildman–Crippen MR) is 71.3 cm³/mol. The maximum Gasteiger partial charge on any atom is 0.224 e. The molecule has 0 aliphatic heterocycles. The SMILES string of the molecule is Cc1nc(Cl)nc(NCC2(C)CCCC2)c1N. The highest BCUT2D eigenvalue weighted by molar-refractivity contribution is 6.28. The number of aromatic nitrogens is 2. The summed E-state index contributed by atoms with van der Waals surface area (Å²) < 4.78 is 0. The third kappa shape index (κ3) is 2.80. The number of anilines is 2. The topological polar surface area (TPSA) is 63.8 Å². The molecule has 5 heteroatoms. The molecule has 1 saturated carbocycles. The second kappa shape index (κ2) is 4.69. The van der Waals surface area contributed by atoms with Crippen LogP contribution in [-0.4, -0.2) is 16.5 Å². The van der Waals surface area contributed by atoms with Crippen LogP contribution in [0.5, 0.6) is 0 Å². The molecule has 0 saturated heterocycles. The fraction of sp³-hybridized carbons (Fsp3) is 0.667. The van der Waals surface area contributed by atoms with Crippen molar-refractivity contribution in [2.24, 2.45) is 5.41 Å². The molecule has 0 spiro atoms. The molecule has 0 radical (unpaired) electrons. The van der Waals surface area contributed by atoms with Gasteiger partial charge in [-0.3, -0.25) is 0 Å². The number of halogens is 1. The van der Waals surface area contributed by atoms with Crippen LogP contribution in [0.25, 0.3) is 0 Å². The third-order valence-electron chi connectivity index (χ3n) is 3.60. The van der Waals surface area contributed by atoms with E-state index in [-0.39, 0.29) is 5.28 Å².